The largest absolute Gasteiger partial charge is 0.149 e. The Hall–Kier alpha value is 0.180. The maximum atomic E-state index is 3.55. The molecule has 0 aliphatic carbocycles. The number of alkyl halides is 1. The summed E-state index contributed by atoms with van der Waals surface area (Å²) in [5, 5.41) is 2.17. The first-order chi connectivity index (χ1) is 5.20. The van der Waals surface area contributed by atoms with Gasteiger partial charge in [0.15, 0.2) is 0 Å². The molecule has 1 heterocycles. The highest BCUT2D eigenvalue weighted by molar-refractivity contribution is 9.09. The van der Waals surface area contributed by atoms with Crippen molar-refractivity contribution in [2.45, 2.75) is 31.5 Å². The van der Waals surface area contributed by atoms with Crippen molar-refractivity contribution in [2.24, 2.45) is 0 Å². The number of thiophene rings is 1. The van der Waals surface area contributed by atoms with Crippen LogP contribution in [0.3, 0.4) is 0 Å². The van der Waals surface area contributed by atoms with Crippen molar-refractivity contribution in [1.82, 2.24) is 0 Å². The minimum atomic E-state index is 0.641. The summed E-state index contributed by atoms with van der Waals surface area (Å²) in [6.45, 7) is 4.39. The third-order valence-corrected chi connectivity index (χ3v) is 3.12. The molecule has 0 saturated heterocycles. The van der Waals surface area contributed by atoms with E-state index < -0.39 is 0 Å². The standard InChI is InChI=1S/C9H13BrS/c1-7(10)3-4-9-5-6-11-8(9)2/h5-7H,3-4H2,1-2H3. The summed E-state index contributed by atoms with van der Waals surface area (Å²) in [4.78, 5) is 2.11. The molecule has 0 radical (unpaired) electrons. The lowest BCUT2D eigenvalue weighted by atomic mass is 10.1. The molecule has 0 nitrogen and oxygen atoms in total. The summed E-state index contributed by atoms with van der Waals surface area (Å²) >= 11 is 5.39. The number of rotatable bonds is 3. The Balaban J connectivity index is 2.44. The molecule has 1 aromatic rings. The fourth-order valence-electron chi connectivity index (χ4n) is 1.03. The molecule has 2 heteroatoms. The van der Waals surface area contributed by atoms with Gasteiger partial charge in [-0.3, -0.25) is 0 Å². The molecule has 0 aromatic carbocycles. The molecule has 1 rings (SSSR count). The average Bonchev–Trinajstić information content (AvgIpc) is 2.31. The number of hydrogen-bond acceptors (Lipinski definition) is 1. The van der Waals surface area contributed by atoms with Gasteiger partial charge in [0.05, 0.1) is 0 Å². The molecule has 1 atom stereocenters. The summed E-state index contributed by atoms with van der Waals surface area (Å²) in [5.41, 5.74) is 1.52. The van der Waals surface area contributed by atoms with Crippen LogP contribution in [0.25, 0.3) is 0 Å². The Morgan fingerprint density at radius 3 is 2.82 bits per heavy atom. The van der Waals surface area contributed by atoms with E-state index >= 15 is 0 Å². The monoisotopic (exact) mass is 232 g/mol. The van der Waals surface area contributed by atoms with Crippen LogP contribution in [0, 0.1) is 6.92 Å². The van der Waals surface area contributed by atoms with Crippen molar-refractivity contribution in [3.63, 3.8) is 0 Å². The van der Waals surface area contributed by atoms with Gasteiger partial charge in [0, 0.05) is 9.70 Å². The predicted molar refractivity (Wildman–Crippen MR) is 55.8 cm³/mol. The molecule has 1 aromatic heterocycles. The lowest BCUT2D eigenvalue weighted by Gasteiger charge is -2.01. The molecule has 62 valence electrons. The van der Waals surface area contributed by atoms with Crippen molar-refractivity contribution in [1.29, 1.82) is 0 Å². The number of aryl methyl sites for hydroxylation is 2. The van der Waals surface area contributed by atoms with Gasteiger partial charge in [-0.25, -0.2) is 0 Å². The van der Waals surface area contributed by atoms with Crippen LogP contribution in [-0.2, 0) is 6.42 Å². The van der Waals surface area contributed by atoms with Crippen molar-refractivity contribution >= 4 is 27.3 Å². The van der Waals surface area contributed by atoms with Gasteiger partial charge in [-0.15, -0.1) is 11.3 Å². The minimum absolute atomic E-state index is 0.641. The van der Waals surface area contributed by atoms with E-state index in [-0.39, 0.29) is 0 Å². The second-order valence-electron chi connectivity index (χ2n) is 2.82. The molecule has 0 bridgehead atoms. The van der Waals surface area contributed by atoms with E-state index in [4.69, 9.17) is 0 Å². The smallest absolute Gasteiger partial charge is 0.0120 e. The predicted octanol–water partition coefficient (Wildman–Crippen LogP) is 3.77. The molecular formula is C9H13BrS. The summed E-state index contributed by atoms with van der Waals surface area (Å²) in [6, 6.07) is 2.23. The average molecular weight is 233 g/mol. The molecule has 0 fully saturated rings. The lowest BCUT2D eigenvalue weighted by molar-refractivity contribution is 0.821. The van der Waals surface area contributed by atoms with Crippen LogP contribution in [0.2, 0.25) is 0 Å². The molecule has 0 saturated carbocycles. The van der Waals surface area contributed by atoms with Crippen molar-refractivity contribution < 1.29 is 0 Å². The molecule has 0 aliphatic heterocycles. The zero-order valence-corrected chi connectivity index (χ0v) is 9.33. The Morgan fingerprint density at radius 2 is 2.36 bits per heavy atom. The molecule has 0 N–H and O–H groups in total. The van der Waals surface area contributed by atoms with Crippen LogP contribution < -0.4 is 0 Å². The van der Waals surface area contributed by atoms with Crippen LogP contribution in [0.1, 0.15) is 23.8 Å². The molecule has 0 spiro atoms. The summed E-state index contributed by atoms with van der Waals surface area (Å²) in [5.74, 6) is 0. The first kappa shape index (κ1) is 9.27. The first-order valence-corrected chi connectivity index (χ1v) is 5.66. The first-order valence-electron chi connectivity index (χ1n) is 3.87. The molecule has 0 amide bonds. The Labute approximate surface area is 80.8 Å². The Morgan fingerprint density at radius 1 is 1.64 bits per heavy atom. The van der Waals surface area contributed by atoms with Gasteiger partial charge in [0.25, 0.3) is 0 Å². The highest BCUT2D eigenvalue weighted by Crippen LogP contribution is 2.18. The highest BCUT2D eigenvalue weighted by Gasteiger charge is 2.01. The zero-order chi connectivity index (χ0) is 8.27. The van der Waals surface area contributed by atoms with Crippen molar-refractivity contribution in [3.05, 3.63) is 21.9 Å². The van der Waals surface area contributed by atoms with E-state index in [0.29, 0.717) is 4.83 Å². The van der Waals surface area contributed by atoms with E-state index in [1.807, 2.05) is 11.3 Å². The second-order valence-corrected chi connectivity index (χ2v) is 5.50. The number of hydrogen-bond donors (Lipinski definition) is 0. The van der Waals surface area contributed by atoms with Gasteiger partial charge in [-0.2, -0.15) is 0 Å². The third-order valence-electron chi connectivity index (χ3n) is 1.78. The second kappa shape index (κ2) is 4.27. The fraction of sp³-hybridized carbons (Fsp3) is 0.556. The van der Waals surface area contributed by atoms with E-state index in [9.17, 15) is 0 Å². The Kier molecular flexibility index (Phi) is 3.60. The normalized spacial score (nSPS) is 13.4. The quantitative estimate of drug-likeness (QED) is 0.697. The van der Waals surface area contributed by atoms with Gasteiger partial charge in [-0.1, -0.05) is 22.9 Å². The SMILES string of the molecule is Cc1sccc1CCC(C)Br. The van der Waals surface area contributed by atoms with Crippen LogP contribution >= 0.6 is 27.3 Å². The lowest BCUT2D eigenvalue weighted by Crippen LogP contribution is -1.93. The topological polar surface area (TPSA) is 0 Å². The zero-order valence-electron chi connectivity index (χ0n) is 6.93. The molecular weight excluding hydrogens is 220 g/mol. The van der Waals surface area contributed by atoms with Crippen LogP contribution in [0.5, 0.6) is 0 Å². The van der Waals surface area contributed by atoms with E-state index in [1.165, 1.54) is 23.3 Å². The minimum Gasteiger partial charge on any atom is -0.149 e. The fourth-order valence-corrected chi connectivity index (χ4v) is 2.01. The molecule has 0 aliphatic rings. The van der Waals surface area contributed by atoms with Gasteiger partial charge in [0.2, 0.25) is 0 Å². The summed E-state index contributed by atoms with van der Waals surface area (Å²) in [6.07, 6.45) is 2.44. The maximum absolute atomic E-state index is 3.55. The van der Waals surface area contributed by atoms with Crippen molar-refractivity contribution in [2.75, 3.05) is 0 Å². The third kappa shape index (κ3) is 2.96. The highest BCUT2D eigenvalue weighted by atomic mass is 79.9. The van der Waals surface area contributed by atoms with Gasteiger partial charge >= 0.3 is 0 Å². The van der Waals surface area contributed by atoms with Crippen molar-refractivity contribution in [3.8, 4) is 0 Å². The van der Waals surface area contributed by atoms with Crippen LogP contribution in [0.15, 0.2) is 11.4 Å². The summed E-state index contributed by atoms with van der Waals surface area (Å²) < 4.78 is 0. The van der Waals surface area contributed by atoms with E-state index in [0.717, 1.165) is 0 Å². The maximum Gasteiger partial charge on any atom is 0.0120 e. The van der Waals surface area contributed by atoms with Gasteiger partial charge < -0.3 is 0 Å². The van der Waals surface area contributed by atoms with Crippen LogP contribution in [-0.4, -0.2) is 4.83 Å². The number of halogens is 1. The molecule has 1 unspecified atom stereocenters. The van der Waals surface area contributed by atoms with Gasteiger partial charge in [0.1, 0.15) is 0 Å². The van der Waals surface area contributed by atoms with Gasteiger partial charge in [-0.05, 0) is 36.8 Å². The summed E-state index contributed by atoms with van der Waals surface area (Å²) in [7, 11) is 0. The Bertz CT molecular complexity index is 215. The van der Waals surface area contributed by atoms with E-state index in [1.54, 1.807) is 0 Å². The van der Waals surface area contributed by atoms with E-state index in [2.05, 4.69) is 41.2 Å². The molecule has 11 heavy (non-hydrogen) atoms. The van der Waals surface area contributed by atoms with Crippen LogP contribution in [0.4, 0.5) is 0 Å².